The molecule has 4 N–H and O–H groups in total. The van der Waals surface area contributed by atoms with Crippen molar-refractivity contribution in [3.05, 3.63) is 5.69 Å². The Morgan fingerprint density at radius 1 is 1.59 bits per heavy atom. The van der Waals surface area contributed by atoms with Crippen LogP contribution < -0.4 is 10.5 Å². The summed E-state index contributed by atoms with van der Waals surface area (Å²) in [4.78, 5) is -0.000255. The zero-order valence-corrected chi connectivity index (χ0v) is 10.6. The number of anilines is 1. The second-order valence-electron chi connectivity index (χ2n) is 4.47. The minimum absolute atomic E-state index is 0.000255. The van der Waals surface area contributed by atoms with Crippen LogP contribution in [-0.2, 0) is 17.1 Å². The van der Waals surface area contributed by atoms with E-state index >= 15 is 0 Å². The van der Waals surface area contributed by atoms with Crippen LogP contribution in [0.25, 0.3) is 0 Å². The molecule has 0 atom stereocenters. The number of aliphatic hydroxyl groups excluding tert-OH is 1. The maximum Gasteiger partial charge on any atom is 0.246 e. The molecule has 0 aliphatic heterocycles. The van der Waals surface area contributed by atoms with E-state index in [1.165, 1.54) is 4.68 Å². The normalized spacial score (nSPS) is 18.3. The van der Waals surface area contributed by atoms with Gasteiger partial charge in [-0.2, -0.15) is 5.10 Å². The highest BCUT2D eigenvalue weighted by atomic mass is 32.2. The number of sulfonamides is 1. The van der Waals surface area contributed by atoms with Gasteiger partial charge >= 0.3 is 0 Å². The van der Waals surface area contributed by atoms with Crippen molar-refractivity contribution in [1.29, 1.82) is 0 Å². The number of rotatable bonds is 4. The van der Waals surface area contributed by atoms with Gasteiger partial charge in [0.1, 0.15) is 4.90 Å². The summed E-state index contributed by atoms with van der Waals surface area (Å²) in [6, 6.07) is 0. The van der Waals surface area contributed by atoms with Crippen molar-refractivity contribution >= 4 is 15.8 Å². The maximum atomic E-state index is 12.1. The minimum Gasteiger partial charge on any atom is -0.394 e. The molecule has 1 aliphatic rings. The molecule has 1 heterocycles. The second kappa shape index (κ2) is 3.69. The van der Waals surface area contributed by atoms with Gasteiger partial charge in [0.15, 0.2) is 5.82 Å². The minimum atomic E-state index is -3.73. The Bertz CT molecular complexity index is 545. The molecule has 1 fully saturated rings. The molecule has 0 bridgehead atoms. The number of aliphatic hydroxyl groups is 1. The van der Waals surface area contributed by atoms with E-state index in [-0.39, 0.29) is 17.3 Å². The quantitative estimate of drug-likeness (QED) is 0.650. The third-order valence-corrected chi connectivity index (χ3v) is 4.82. The van der Waals surface area contributed by atoms with Crippen LogP contribution in [-0.4, -0.2) is 35.5 Å². The smallest absolute Gasteiger partial charge is 0.246 e. The van der Waals surface area contributed by atoms with Gasteiger partial charge in [-0.3, -0.25) is 4.68 Å². The average molecular weight is 260 g/mol. The molecule has 1 saturated carbocycles. The number of hydrogen-bond donors (Lipinski definition) is 3. The van der Waals surface area contributed by atoms with Crippen LogP contribution >= 0.6 is 0 Å². The number of hydrogen-bond acceptors (Lipinski definition) is 5. The Labute approximate surface area is 99.7 Å². The summed E-state index contributed by atoms with van der Waals surface area (Å²) in [7, 11) is -2.10. The molecule has 1 aromatic heterocycles. The van der Waals surface area contributed by atoms with Crippen LogP contribution in [0.15, 0.2) is 4.90 Å². The van der Waals surface area contributed by atoms with E-state index in [9.17, 15) is 8.42 Å². The van der Waals surface area contributed by atoms with Crippen LogP contribution in [0.2, 0.25) is 0 Å². The van der Waals surface area contributed by atoms with Crippen molar-refractivity contribution < 1.29 is 13.5 Å². The van der Waals surface area contributed by atoms with Gasteiger partial charge in [0, 0.05) is 7.05 Å². The average Bonchev–Trinajstić information content (AvgIpc) is 2.91. The SMILES string of the molecule is Cc1c(S(=O)(=O)NC2(CO)CC2)c(N)nn1C. The molecule has 2 rings (SSSR count). The van der Waals surface area contributed by atoms with E-state index in [0.717, 1.165) is 0 Å². The number of aryl methyl sites for hydroxylation is 1. The molecular formula is C9H16N4O3S. The predicted octanol–water partition coefficient (Wildman–Crippen LogP) is -0.886. The van der Waals surface area contributed by atoms with Crippen molar-refractivity contribution in [3.8, 4) is 0 Å². The zero-order valence-electron chi connectivity index (χ0n) is 9.77. The molecule has 1 aromatic rings. The number of nitrogens with one attached hydrogen (secondary N) is 1. The molecular weight excluding hydrogens is 244 g/mol. The zero-order chi connectivity index (χ0) is 12.8. The molecule has 0 saturated heterocycles. The number of nitrogens with two attached hydrogens (primary N) is 1. The van der Waals surface area contributed by atoms with E-state index in [1.807, 2.05) is 0 Å². The molecule has 17 heavy (non-hydrogen) atoms. The monoisotopic (exact) mass is 260 g/mol. The number of nitrogen functional groups attached to an aromatic ring is 1. The fourth-order valence-electron chi connectivity index (χ4n) is 1.73. The molecule has 8 heteroatoms. The predicted molar refractivity (Wildman–Crippen MR) is 61.7 cm³/mol. The summed E-state index contributed by atoms with van der Waals surface area (Å²) in [5.41, 5.74) is 5.37. The van der Waals surface area contributed by atoms with Gasteiger partial charge in [-0.25, -0.2) is 13.1 Å². The summed E-state index contributed by atoms with van der Waals surface area (Å²) in [5.74, 6) is -0.0220. The van der Waals surface area contributed by atoms with Gasteiger partial charge in [-0.05, 0) is 19.8 Å². The highest BCUT2D eigenvalue weighted by Gasteiger charge is 2.46. The number of nitrogens with zero attached hydrogens (tertiary/aromatic N) is 2. The third-order valence-electron chi connectivity index (χ3n) is 3.08. The molecule has 7 nitrogen and oxygen atoms in total. The molecule has 1 aliphatic carbocycles. The van der Waals surface area contributed by atoms with Crippen LogP contribution in [0.4, 0.5) is 5.82 Å². The Kier molecular flexibility index (Phi) is 2.68. The maximum absolute atomic E-state index is 12.1. The first kappa shape index (κ1) is 12.3. The molecule has 0 amide bonds. The Balaban J connectivity index is 2.38. The first-order valence-corrected chi connectivity index (χ1v) is 6.73. The first-order valence-electron chi connectivity index (χ1n) is 5.25. The Morgan fingerprint density at radius 3 is 2.53 bits per heavy atom. The van der Waals surface area contributed by atoms with Gasteiger partial charge in [0.05, 0.1) is 17.8 Å². The Hall–Kier alpha value is -1.12. The summed E-state index contributed by atoms with van der Waals surface area (Å²) < 4.78 is 28.2. The van der Waals surface area contributed by atoms with Crippen molar-refractivity contribution in [2.45, 2.75) is 30.2 Å². The van der Waals surface area contributed by atoms with Crippen LogP contribution in [0.5, 0.6) is 0 Å². The van der Waals surface area contributed by atoms with Gasteiger partial charge in [0.25, 0.3) is 0 Å². The van der Waals surface area contributed by atoms with Crippen molar-refractivity contribution in [3.63, 3.8) is 0 Å². The second-order valence-corrected chi connectivity index (χ2v) is 6.09. The highest BCUT2D eigenvalue weighted by Crippen LogP contribution is 2.37. The fourth-order valence-corrected chi connectivity index (χ4v) is 3.50. The van der Waals surface area contributed by atoms with Crippen molar-refractivity contribution in [2.75, 3.05) is 12.3 Å². The summed E-state index contributed by atoms with van der Waals surface area (Å²) in [6.45, 7) is 1.43. The van der Waals surface area contributed by atoms with Gasteiger partial charge in [-0.1, -0.05) is 0 Å². The number of aromatic nitrogens is 2. The van der Waals surface area contributed by atoms with E-state index < -0.39 is 15.6 Å². The molecule has 0 unspecified atom stereocenters. The van der Waals surface area contributed by atoms with Crippen LogP contribution in [0, 0.1) is 6.92 Å². The topological polar surface area (TPSA) is 110 Å². The third kappa shape index (κ3) is 2.03. The van der Waals surface area contributed by atoms with Crippen molar-refractivity contribution in [2.24, 2.45) is 7.05 Å². The molecule has 96 valence electrons. The van der Waals surface area contributed by atoms with E-state index in [2.05, 4.69) is 9.82 Å². The molecule has 0 radical (unpaired) electrons. The van der Waals surface area contributed by atoms with Gasteiger partial charge in [0.2, 0.25) is 10.0 Å². The lowest BCUT2D eigenvalue weighted by atomic mass is 10.3. The molecule has 0 spiro atoms. The summed E-state index contributed by atoms with van der Waals surface area (Å²) in [6.07, 6.45) is 1.28. The summed E-state index contributed by atoms with van der Waals surface area (Å²) >= 11 is 0. The lowest BCUT2D eigenvalue weighted by Gasteiger charge is -2.14. The highest BCUT2D eigenvalue weighted by molar-refractivity contribution is 7.89. The fraction of sp³-hybridized carbons (Fsp3) is 0.667. The van der Waals surface area contributed by atoms with E-state index in [1.54, 1.807) is 14.0 Å². The van der Waals surface area contributed by atoms with Crippen molar-refractivity contribution in [1.82, 2.24) is 14.5 Å². The lowest BCUT2D eigenvalue weighted by molar-refractivity contribution is 0.246. The lowest BCUT2D eigenvalue weighted by Crippen LogP contribution is -2.39. The largest absolute Gasteiger partial charge is 0.394 e. The van der Waals surface area contributed by atoms with Crippen LogP contribution in [0.3, 0.4) is 0 Å². The van der Waals surface area contributed by atoms with Gasteiger partial charge in [-0.15, -0.1) is 0 Å². The Morgan fingerprint density at radius 2 is 2.18 bits per heavy atom. The van der Waals surface area contributed by atoms with Crippen LogP contribution in [0.1, 0.15) is 18.5 Å². The molecule has 0 aromatic carbocycles. The van der Waals surface area contributed by atoms with Gasteiger partial charge < -0.3 is 10.8 Å². The first-order chi connectivity index (χ1) is 7.81. The van der Waals surface area contributed by atoms with E-state index in [4.69, 9.17) is 10.8 Å². The summed E-state index contributed by atoms with van der Waals surface area (Å²) in [5, 5.41) is 13.0. The van der Waals surface area contributed by atoms with E-state index in [0.29, 0.717) is 18.5 Å². The standard InChI is InChI=1S/C9H16N4O3S/c1-6-7(8(10)11-13(6)2)17(15,16)12-9(5-14)3-4-9/h12,14H,3-5H2,1-2H3,(H2,10,11).